The first kappa shape index (κ1) is 15.0. The van der Waals surface area contributed by atoms with Crippen molar-refractivity contribution in [3.8, 4) is 0 Å². The number of aromatic nitrogens is 1. The van der Waals surface area contributed by atoms with Crippen LogP contribution in [0.2, 0.25) is 0 Å². The maximum absolute atomic E-state index is 12.1. The summed E-state index contributed by atoms with van der Waals surface area (Å²) < 4.78 is 5.06. The Morgan fingerprint density at radius 2 is 2.28 bits per heavy atom. The highest BCUT2D eigenvalue weighted by molar-refractivity contribution is 5.85. The second kappa shape index (κ2) is 6.20. The monoisotopic (exact) mass is 273 g/mol. The molecule has 1 aliphatic heterocycles. The predicted molar refractivity (Wildman–Crippen MR) is 70.7 cm³/mol. The van der Waals surface area contributed by atoms with Crippen LogP contribution in [0.15, 0.2) is 4.52 Å². The third-order valence-corrected chi connectivity index (χ3v) is 3.32. The van der Waals surface area contributed by atoms with E-state index in [1.54, 1.807) is 0 Å². The van der Waals surface area contributed by atoms with Gasteiger partial charge in [-0.3, -0.25) is 4.79 Å². The molecule has 2 rings (SSSR count). The third-order valence-electron chi connectivity index (χ3n) is 3.32. The van der Waals surface area contributed by atoms with E-state index in [-0.39, 0.29) is 24.4 Å². The zero-order valence-corrected chi connectivity index (χ0v) is 11.6. The van der Waals surface area contributed by atoms with Crippen LogP contribution in [-0.4, -0.2) is 35.1 Å². The number of rotatable bonds is 2. The molecule has 1 aromatic heterocycles. The average Bonchev–Trinajstić information content (AvgIpc) is 2.61. The first-order valence-electron chi connectivity index (χ1n) is 6.03. The molecule has 1 aliphatic rings. The number of piperidine rings is 1. The first-order valence-corrected chi connectivity index (χ1v) is 6.03. The van der Waals surface area contributed by atoms with Gasteiger partial charge in [0.05, 0.1) is 12.1 Å². The van der Waals surface area contributed by atoms with Crippen molar-refractivity contribution in [3.63, 3.8) is 0 Å². The van der Waals surface area contributed by atoms with E-state index in [2.05, 4.69) is 5.16 Å². The van der Waals surface area contributed by atoms with Gasteiger partial charge in [-0.25, -0.2) is 0 Å². The van der Waals surface area contributed by atoms with E-state index < -0.39 is 0 Å². The molecular weight excluding hydrogens is 254 g/mol. The zero-order chi connectivity index (χ0) is 12.4. The molecule has 0 aliphatic carbocycles. The maximum Gasteiger partial charge on any atom is 0.227 e. The van der Waals surface area contributed by atoms with E-state index in [9.17, 15) is 4.79 Å². The molecule has 2 heterocycles. The quantitative estimate of drug-likeness (QED) is 0.879. The minimum Gasteiger partial charge on any atom is -0.361 e. The minimum absolute atomic E-state index is 0. The second-order valence-corrected chi connectivity index (χ2v) is 4.72. The number of amides is 1. The van der Waals surface area contributed by atoms with Gasteiger partial charge in [0.25, 0.3) is 0 Å². The van der Waals surface area contributed by atoms with Crippen molar-refractivity contribution < 1.29 is 9.32 Å². The highest BCUT2D eigenvalue weighted by Crippen LogP contribution is 2.16. The van der Waals surface area contributed by atoms with Crippen LogP contribution >= 0.6 is 12.4 Å². The molecule has 18 heavy (non-hydrogen) atoms. The highest BCUT2D eigenvalue weighted by atomic mass is 35.5. The lowest BCUT2D eigenvalue weighted by Gasteiger charge is -2.30. The number of hydrogen-bond acceptors (Lipinski definition) is 4. The van der Waals surface area contributed by atoms with Crippen LogP contribution in [0.5, 0.6) is 0 Å². The summed E-state index contributed by atoms with van der Waals surface area (Å²) in [6, 6.07) is 0.123. The molecule has 0 aromatic carbocycles. The standard InChI is InChI=1S/C12H19N3O2.ClH/c1-8-11(9(2)17-14-8)6-12(16)15-5-3-4-10(13)7-15;/h10H,3-7,13H2,1-2H3;1H. The number of nitrogens with zero attached hydrogens (tertiary/aromatic N) is 2. The maximum atomic E-state index is 12.1. The Hall–Kier alpha value is -1.07. The SMILES string of the molecule is Cc1noc(C)c1CC(=O)N1CCCC(N)C1.Cl. The lowest BCUT2D eigenvalue weighted by molar-refractivity contribution is -0.131. The summed E-state index contributed by atoms with van der Waals surface area (Å²) in [6.07, 6.45) is 2.37. The molecule has 1 aromatic rings. The third kappa shape index (κ3) is 3.23. The fourth-order valence-corrected chi connectivity index (χ4v) is 2.25. The van der Waals surface area contributed by atoms with Crippen LogP contribution in [0.4, 0.5) is 0 Å². The van der Waals surface area contributed by atoms with Crippen LogP contribution < -0.4 is 5.73 Å². The summed E-state index contributed by atoms with van der Waals surface area (Å²) in [7, 11) is 0. The minimum atomic E-state index is 0. The molecule has 102 valence electrons. The lowest BCUT2D eigenvalue weighted by atomic mass is 10.0. The molecule has 1 saturated heterocycles. The molecule has 1 fully saturated rings. The first-order chi connectivity index (χ1) is 8.08. The Labute approximate surface area is 113 Å². The van der Waals surface area contributed by atoms with E-state index in [0.29, 0.717) is 13.0 Å². The van der Waals surface area contributed by atoms with Crippen molar-refractivity contribution >= 4 is 18.3 Å². The van der Waals surface area contributed by atoms with Gasteiger partial charge < -0.3 is 15.2 Å². The summed E-state index contributed by atoms with van der Waals surface area (Å²) in [5.41, 5.74) is 7.59. The predicted octanol–water partition coefficient (Wildman–Crippen LogP) is 1.21. The number of aryl methyl sites for hydroxylation is 2. The van der Waals surface area contributed by atoms with Gasteiger partial charge >= 0.3 is 0 Å². The summed E-state index contributed by atoms with van der Waals surface area (Å²) in [5, 5.41) is 3.86. The van der Waals surface area contributed by atoms with Crippen LogP contribution in [-0.2, 0) is 11.2 Å². The van der Waals surface area contributed by atoms with Gasteiger partial charge in [-0.15, -0.1) is 12.4 Å². The van der Waals surface area contributed by atoms with Crippen molar-refractivity contribution in [2.75, 3.05) is 13.1 Å². The van der Waals surface area contributed by atoms with Gasteiger partial charge in [0, 0.05) is 24.7 Å². The van der Waals surface area contributed by atoms with Gasteiger partial charge in [0.15, 0.2) is 0 Å². The van der Waals surface area contributed by atoms with Crippen molar-refractivity contribution in [1.82, 2.24) is 10.1 Å². The number of carbonyl (C=O) groups is 1. The Bertz CT molecular complexity index is 400. The van der Waals surface area contributed by atoms with Crippen LogP contribution in [0, 0.1) is 13.8 Å². The zero-order valence-electron chi connectivity index (χ0n) is 10.8. The normalized spacial score (nSPS) is 19.5. The molecule has 0 radical (unpaired) electrons. The Morgan fingerprint density at radius 1 is 1.56 bits per heavy atom. The molecule has 0 bridgehead atoms. The molecule has 1 unspecified atom stereocenters. The number of halogens is 1. The van der Waals surface area contributed by atoms with E-state index >= 15 is 0 Å². The average molecular weight is 274 g/mol. The van der Waals surface area contributed by atoms with Gasteiger partial charge in [-0.2, -0.15) is 0 Å². The van der Waals surface area contributed by atoms with Crippen molar-refractivity contribution in [1.29, 1.82) is 0 Å². The summed E-state index contributed by atoms with van der Waals surface area (Å²) >= 11 is 0. The summed E-state index contributed by atoms with van der Waals surface area (Å²) in [4.78, 5) is 14.0. The van der Waals surface area contributed by atoms with Gasteiger partial charge in [-0.1, -0.05) is 5.16 Å². The molecular formula is C12H20ClN3O2. The smallest absolute Gasteiger partial charge is 0.227 e. The van der Waals surface area contributed by atoms with Gasteiger partial charge in [0.1, 0.15) is 5.76 Å². The highest BCUT2D eigenvalue weighted by Gasteiger charge is 2.23. The van der Waals surface area contributed by atoms with Gasteiger partial charge in [0.2, 0.25) is 5.91 Å². The van der Waals surface area contributed by atoms with Crippen molar-refractivity contribution in [2.24, 2.45) is 5.73 Å². The molecule has 6 heteroatoms. The van der Waals surface area contributed by atoms with Crippen molar-refractivity contribution in [3.05, 3.63) is 17.0 Å². The Kier molecular flexibility index (Phi) is 5.16. The van der Waals surface area contributed by atoms with E-state index in [0.717, 1.165) is 36.4 Å². The molecule has 0 spiro atoms. The largest absolute Gasteiger partial charge is 0.361 e. The lowest BCUT2D eigenvalue weighted by Crippen LogP contribution is -2.46. The Balaban J connectivity index is 0.00000162. The molecule has 1 atom stereocenters. The molecule has 0 saturated carbocycles. The van der Waals surface area contributed by atoms with Crippen LogP contribution in [0.25, 0.3) is 0 Å². The topological polar surface area (TPSA) is 72.4 Å². The fourth-order valence-electron chi connectivity index (χ4n) is 2.25. The molecule has 1 amide bonds. The number of nitrogens with two attached hydrogens (primary N) is 1. The summed E-state index contributed by atoms with van der Waals surface area (Å²) in [6.45, 7) is 5.18. The van der Waals surface area contributed by atoms with Crippen LogP contribution in [0.1, 0.15) is 29.9 Å². The number of hydrogen-bond donors (Lipinski definition) is 1. The Morgan fingerprint density at radius 3 is 2.83 bits per heavy atom. The second-order valence-electron chi connectivity index (χ2n) is 4.72. The van der Waals surface area contributed by atoms with Crippen LogP contribution in [0.3, 0.4) is 0 Å². The van der Waals surface area contributed by atoms with E-state index in [1.807, 2.05) is 18.7 Å². The van der Waals surface area contributed by atoms with E-state index in [1.165, 1.54) is 0 Å². The number of likely N-dealkylation sites (tertiary alicyclic amines) is 1. The molecule has 5 nitrogen and oxygen atoms in total. The fraction of sp³-hybridized carbons (Fsp3) is 0.667. The summed E-state index contributed by atoms with van der Waals surface area (Å²) in [5.74, 6) is 0.853. The van der Waals surface area contributed by atoms with E-state index in [4.69, 9.17) is 10.3 Å². The number of carbonyl (C=O) groups excluding carboxylic acids is 1. The van der Waals surface area contributed by atoms with Crippen molar-refractivity contribution in [2.45, 2.75) is 39.2 Å². The van der Waals surface area contributed by atoms with Gasteiger partial charge in [-0.05, 0) is 26.7 Å². The molecule has 2 N–H and O–H groups in total.